The number of carbonyl (C=O) groups excluding carboxylic acids is 2. The molecular weight excluding hydrogens is 442 g/mol. The van der Waals surface area contributed by atoms with Gasteiger partial charge in [0.25, 0.3) is 0 Å². The summed E-state index contributed by atoms with van der Waals surface area (Å²) in [6, 6.07) is 20.6. The first-order valence-corrected chi connectivity index (χ1v) is 11.5. The summed E-state index contributed by atoms with van der Waals surface area (Å²) < 4.78 is 11.1. The normalized spacial score (nSPS) is 16.6. The first-order chi connectivity index (χ1) is 17.1. The van der Waals surface area contributed by atoms with Gasteiger partial charge < -0.3 is 25.1 Å². The summed E-state index contributed by atoms with van der Waals surface area (Å²) >= 11 is 0. The number of carbonyl (C=O) groups is 2. The Balaban J connectivity index is 1.38. The molecule has 7 heteroatoms. The van der Waals surface area contributed by atoms with Gasteiger partial charge >= 0.3 is 0 Å². The first kappa shape index (κ1) is 21.0. The van der Waals surface area contributed by atoms with Crippen LogP contribution in [0, 0.1) is 0 Å². The quantitative estimate of drug-likeness (QED) is 0.442. The van der Waals surface area contributed by atoms with Gasteiger partial charge in [-0.1, -0.05) is 36.4 Å². The van der Waals surface area contributed by atoms with Gasteiger partial charge in [-0.05, 0) is 59.5 Å². The molecule has 2 aliphatic rings. The number of aromatic amines is 1. The van der Waals surface area contributed by atoms with Crippen molar-refractivity contribution in [1.82, 2.24) is 9.88 Å². The molecule has 0 bridgehead atoms. The van der Waals surface area contributed by atoms with E-state index in [4.69, 9.17) is 15.2 Å². The summed E-state index contributed by atoms with van der Waals surface area (Å²) in [5.41, 5.74) is 10.8. The number of ether oxygens (including phenoxy) is 2. The fourth-order valence-corrected chi connectivity index (χ4v) is 4.93. The molecule has 0 saturated carbocycles. The molecule has 4 aromatic rings. The third-order valence-electron chi connectivity index (χ3n) is 6.64. The Labute approximate surface area is 201 Å². The van der Waals surface area contributed by atoms with E-state index in [-0.39, 0.29) is 18.7 Å². The van der Waals surface area contributed by atoms with Crippen LogP contribution < -0.4 is 15.2 Å². The van der Waals surface area contributed by atoms with Crippen LogP contribution in [0.3, 0.4) is 0 Å². The Morgan fingerprint density at radius 1 is 1.00 bits per heavy atom. The third kappa shape index (κ3) is 3.71. The minimum absolute atomic E-state index is 0.101. The van der Waals surface area contributed by atoms with Crippen LogP contribution in [0.1, 0.15) is 38.8 Å². The lowest BCUT2D eigenvalue weighted by Gasteiger charge is -2.35. The number of H-pyrrole nitrogens is 1. The molecule has 2 amide bonds. The van der Waals surface area contributed by atoms with Crippen molar-refractivity contribution in [2.75, 3.05) is 13.3 Å². The SMILES string of the molecule is NC(=O)c1ccc(/C=C/C(=O)N2CCc3c([nH]c4ccccc34)C2c2ccc3c(c2)OCO3)cc1. The predicted octanol–water partition coefficient (Wildman–Crippen LogP) is 4.18. The van der Waals surface area contributed by atoms with Crippen LogP contribution in [-0.4, -0.2) is 35.0 Å². The van der Waals surface area contributed by atoms with E-state index in [2.05, 4.69) is 17.1 Å². The average molecular weight is 466 g/mol. The van der Waals surface area contributed by atoms with E-state index in [1.165, 1.54) is 10.9 Å². The van der Waals surface area contributed by atoms with E-state index in [0.29, 0.717) is 23.6 Å². The van der Waals surface area contributed by atoms with Gasteiger partial charge in [0.2, 0.25) is 18.6 Å². The van der Waals surface area contributed by atoms with Gasteiger partial charge in [-0.3, -0.25) is 9.59 Å². The molecule has 0 saturated heterocycles. The maximum absolute atomic E-state index is 13.5. The summed E-state index contributed by atoms with van der Waals surface area (Å²) in [5.74, 6) is 0.809. The average Bonchev–Trinajstić information content (AvgIpc) is 3.51. The summed E-state index contributed by atoms with van der Waals surface area (Å²) in [4.78, 5) is 30.3. The minimum Gasteiger partial charge on any atom is -0.454 e. The number of nitrogens with one attached hydrogen (secondary N) is 1. The second kappa shape index (κ2) is 8.36. The topological polar surface area (TPSA) is 97.7 Å². The first-order valence-electron chi connectivity index (χ1n) is 11.5. The molecule has 3 heterocycles. The van der Waals surface area contributed by atoms with E-state index < -0.39 is 5.91 Å². The van der Waals surface area contributed by atoms with Crippen LogP contribution in [0.25, 0.3) is 17.0 Å². The summed E-state index contributed by atoms with van der Waals surface area (Å²) in [6.07, 6.45) is 4.09. The highest BCUT2D eigenvalue weighted by Gasteiger charge is 2.34. The lowest BCUT2D eigenvalue weighted by Crippen LogP contribution is -2.39. The Kier molecular flexibility index (Phi) is 5.03. The van der Waals surface area contributed by atoms with Gasteiger partial charge in [0.15, 0.2) is 11.5 Å². The van der Waals surface area contributed by atoms with Crippen molar-refractivity contribution in [2.45, 2.75) is 12.5 Å². The molecular formula is C28H23N3O4. The summed E-state index contributed by atoms with van der Waals surface area (Å²) in [5, 5.41) is 1.19. The zero-order valence-electron chi connectivity index (χ0n) is 18.9. The lowest BCUT2D eigenvalue weighted by atomic mass is 9.92. The number of fused-ring (bicyclic) bond motifs is 4. The number of rotatable bonds is 4. The largest absolute Gasteiger partial charge is 0.454 e. The van der Waals surface area contributed by atoms with Crippen LogP contribution in [0.5, 0.6) is 11.5 Å². The van der Waals surface area contributed by atoms with Crippen molar-refractivity contribution in [3.05, 3.63) is 101 Å². The van der Waals surface area contributed by atoms with E-state index in [1.807, 2.05) is 35.2 Å². The smallest absolute Gasteiger partial charge is 0.248 e. The summed E-state index contributed by atoms with van der Waals surface area (Å²) in [7, 11) is 0. The zero-order valence-corrected chi connectivity index (χ0v) is 18.9. The van der Waals surface area contributed by atoms with Crippen molar-refractivity contribution in [3.63, 3.8) is 0 Å². The number of nitrogens with zero attached hydrogens (tertiary/aromatic N) is 1. The molecule has 1 atom stereocenters. The van der Waals surface area contributed by atoms with Gasteiger partial charge in [0, 0.05) is 34.8 Å². The lowest BCUT2D eigenvalue weighted by molar-refractivity contribution is -0.128. The number of para-hydroxylation sites is 1. The van der Waals surface area contributed by atoms with Gasteiger partial charge in [0.1, 0.15) is 0 Å². The fourth-order valence-electron chi connectivity index (χ4n) is 4.93. The number of nitrogens with two attached hydrogens (primary N) is 1. The van der Waals surface area contributed by atoms with Crippen molar-refractivity contribution >= 4 is 28.8 Å². The molecule has 174 valence electrons. The van der Waals surface area contributed by atoms with Crippen molar-refractivity contribution < 1.29 is 19.1 Å². The number of hydrogen-bond acceptors (Lipinski definition) is 4. The van der Waals surface area contributed by atoms with E-state index in [1.54, 1.807) is 36.4 Å². The van der Waals surface area contributed by atoms with E-state index in [0.717, 1.165) is 28.8 Å². The van der Waals surface area contributed by atoms with Gasteiger partial charge in [-0.25, -0.2) is 0 Å². The number of aromatic nitrogens is 1. The third-order valence-corrected chi connectivity index (χ3v) is 6.64. The maximum Gasteiger partial charge on any atom is 0.248 e. The molecule has 0 fully saturated rings. The number of hydrogen-bond donors (Lipinski definition) is 2. The van der Waals surface area contributed by atoms with Gasteiger partial charge in [-0.2, -0.15) is 0 Å². The molecule has 0 spiro atoms. The molecule has 3 aromatic carbocycles. The van der Waals surface area contributed by atoms with Crippen LogP contribution in [0.4, 0.5) is 0 Å². The highest BCUT2D eigenvalue weighted by Crippen LogP contribution is 2.42. The van der Waals surface area contributed by atoms with Crippen LogP contribution in [-0.2, 0) is 11.2 Å². The van der Waals surface area contributed by atoms with Crippen LogP contribution in [0.2, 0.25) is 0 Å². The molecule has 1 aromatic heterocycles. The maximum atomic E-state index is 13.5. The molecule has 0 aliphatic carbocycles. The number of primary amides is 1. The zero-order chi connectivity index (χ0) is 23.9. The molecule has 3 N–H and O–H groups in total. The van der Waals surface area contributed by atoms with Gasteiger partial charge in [-0.15, -0.1) is 0 Å². The van der Waals surface area contributed by atoms with E-state index in [9.17, 15) is 9.59 Å². The van der Waals surface area contributed by atoms with Crippen LogP contribution >= 0.6 is 0 Å². The Morgan fingerprint density at radius 2 is 1.80 bits per heavy atom. The fraction of sp³-hybridized carbons (Fsp3) is 0.143. The Bertz CT molecular complexity index is 1490. The highest BCUT2D eigenvalue weighted by atomic mass is 16.7. The summed E-state index contributed by atoms with van der Waals surface area (Å²) in [6.45, 7) is 0.777. The van der Waals surface area contributed by atoms with Crippen molar-refractivity contribution in [3.8, 4) is 11.5 Å². The number of amides is 2. The molecule has 0 radical (unpaired) electrons. The standard InChI is InChI=1S/C28H23N3O4/c29-28(33)18-8-5-17(6-9-18)7-12-25(32)31-14-13-21-20-3-1-2-4-22(20)30-26(21)27(31)19-10-11-23-24(15-19)35-16-34-23/h1-12,15,27,30H,13-14,16H2,(H2,29,33)/b12-7+. The molecule has 1 unspecified atom stereocenters. The van der Waals surface area contributed by atoms with Gasteiger partial charge in [0.05, 0.1) is 6.04 Å². The Morgan fingerprint density at radius 3 is 2.63 bits per heavy atom. The monoisotopic (exact) mass is 465 g/mol. The van der Waals surface area contributed by atoms with Crippen molar-refractivity contribution in [1.29, 1.82) is 0 Å². The molecule has 6 rings (SSSR count). The molecule has 7 nitrogen and oxygen atoms in total. The highest BCUT2D eigenvalue weighted by molar-refractivity contribution is 5.95. The van der Waals surface area contributed by atoms with Crippen LogP contribution in [0.15, 0.2) is 72.8 Å². The predicted molar refractivity (Wildman–Crippen MR) is 132 cm³/mol. The number of benzene rings is 3. The second-order valence-electron chi connectivity index (χ2n) is 8.68. The Hall–Kier alpha value is -4.52. The second-order valence-corrected chi connectivity index (χ2v) is 8.68. The molecule has 35 heavy (non-hydrogen) atoms. The minimum atomic E-state index is -0.481. The van der Waals surface area contributed by atoms with Crippen molar-refractivity contribution in [2.24, 2.45) is 5.73 Å². The molecule has 2 aliphatic heterocycles. The van der Waals surface area contributed by atoms with E-state index >= 15 is 0 Å².